The van der Waals surface area contributed by atoms with Gasteiger partial charge in [-0.25, -0.2) is 4.68 Å². The molecule has 9 nitrogen and oxygen atoms in total. The van der Waals surface area contributed by atoms with E-state index in [1.54, 1.807) is 11.0 Å². The van der Waals surface area contributed by atoms with Gasteiger partial charge < -0.3 is 19.4 Å². The minimum Gasteiger partial charge on any atom is -0.492 e. The highest BCUT2D eigenvalue weighted by molar-refractivity contribution is 5.93. The minimum atomic E-state index is -0.294. The smallest absolute Gasteiger partial charge is 0.287 e. The van der Waals surface area contributed by atoms with E-state index in [9.17, 15) is 14.4 Å². The maximum absolute atomic E-state index is 12.9. The number of aromatic nitrogens is 2. The summed E-state index contributed by atoms with van der Waals surface area (Å²) >= 11 is 0. The average molecular weight is 450 g/mol. The molecule has 2 amide bonds. The van der Waals surface area contributed by atoms with Gasteiger partial charge in [0.05, 0.1) is 12.8 Å². The van der Waals surface area contributed by atoms with Crippen LogP contribution in [0.3, 0.4) is 0 Å². The van der Waals surface area contributed by atoms with Gasteiger partial charge in [-0.2, -0.15) is 5.10 Å². The van der Waals surface area contributed by atoms with E-state index in [2.05, 4.69) is 10.4 Å². The van der Waals surface area contributed by atoms with Crippen molar-refractivity contribution in [2.45, 2.75) is 32.4 Å². The van der Waals surface area contributed by atoms with Gasteiger partial charge in [-0.3, -0.25) is 14.4 Å². The number of benzene rings is 1. The number of ether oxygens (including phenoxy) is 1. The molecule has 0 unspecified atom stereocenters. The first-order valence-electron chi connectivity index (χ1n) is 10.9. The molecule has 0 bridgehead atoms. The molecular weight excluding hydrogens is 424 g/mol. The van der Waals surface area contributed by atoms with E-state index in [1.807, 2.05) is 37.3 Å². The molecule has 9 heteroatoms. The fraction of sp³-hybridized carbons (Fsp3) is 0.333. The zero-order valence-corrected chi connectivity index (χ0v) is 18.4. The molecule has 2 aromatic heterocycles. The lowest BCUT2D eigenvalue weighted by molar-refractivity contribution is 0.0687. The molecule has 4 rings (SSSR count). The van der Waals surface area contributed by atoms with Crippen molar-refractivity contribution in [2.75, 3.05) is 19.7 Å². The number of piperidine rings is 1. The Balaban J connectivity index is 1.31. The average Bonchev–Trinajstić information content (AvgIpc) is 3.27. The van der Waals surface area contributed by atoms with Crippen molar-refractivity contribution in [3.63, 3.8) is 0 Å². The number of nitrogens with one attached hydrogen (secondary N) is 1. The molecule has 0 radical (unpaired) electrons. The number of hydrogen-bond acceptors (Lipinski definition) is 6. The summed E-state index contributed by atoms with van der Waals surface area (Å²) in [5.74, 6) is 0.541. The van der Waals surface area contributed by atoms with Crippen LogP contribution in [0.25, 0.3) is 0 Å². The minimum absolute atomic E-state index is 0.0388. The number of hydrogen-bond donors (Lipinski definition) is 1. The zero-order chi connectivity index (χ0) is 23.2. The van der Waals surface area contributed by atoms with Gasteiger partial charge in [0.15, 0.2) is 5.76 Å². The van der Waals surface area contributed by atoms with Crippen LogP contribution < -0.4 is 15.6 Å². The Morgan fingerprint density at radius 1 is 1.12 bits per heavy atom. The van der Waals surface area contributed by atoms with E-state index in [1.165, 1.54) is 23.1 Å². The highest BCUT2D eigenvalue weighted by Crippen LogP contribution is 2.15. The van der Waals surface area contributed by atoms with Crippen molar-refractivity contribution in [3.8, 4) is 5.75 Å². The van der Waals surface area contributed by atoms with Gasteiger partial charge in [0.1, 0.15) is 18.1 Å². The third-order valence-electron chi connectivity index (χ3n) is 5.59. The Morgan fingerprint density at radius 3 is 2.58 bits per heavy atom. The Morgan fingerprint density at radius 2 is 1.88 bits per heavy atom. The molecule has 3 heterocycles. The molecule has 33 heavy (non-hydrogen) atoms. The molecule has 1 saturated heterocycles. The summed E-state index contributed by atoms with van der Waals surface area (Å²) in [6, 6.07) is 13.8. The van der Waals surface area contributed by atoms with Crippen LogP contribution in [0.5, 0.6) is 5.75 Å². The number of rotatable bonds is 7. The van der Waals surface area contributed by atoms with E-state index in [0.717, 1.165) is 5.56 Å². The fourth-order valence-corrected chi connectivity index (χ4v) is 3.74. The van der Waals surface area contributed by atoms with Crippen molar-refractivity contribution < 1.29 is 18.7 Å². The largest absolute Gasteiger partial charge is 0.492 e. The number of carbonyl (C=O) groups excluding carboxylic acids is 2. The SMILES string of the molecule is Cc1ccoc1C(=O)NC1CCN(C(=O)c2ccc(=O)n(CCOc3ccccc3)n2)CC1. The standard InChI is InChI=1S/C24H26N4O5/c1-17-11-15-33-22(17)23(30)25-18-9-12-27(13-10-18)24(31)20-7-8-21(29)28(26-20)14-16-32-19-5-3-2-4-6-19/h2-8,11,15,18H,9-10,12-14,16H2,1H3,(H,25,30). The third-order valence-corrected chi connectivity index (χ3v) is 5.59. The Labute approximate surface area is 191 Å². The zero-order valence-electron chi connectivity index (χ0n) is 18.4. The summed E-state index contributed by atoms with van der Waals surface area (Å²) in [7, 11) is 0. The third kappa shape index (κ3) is 5.49. The van der Waals surface area contributed by atoms with Crippen molar-refractivity contribution in [3.05, 3.63) is 82.2 Å². The highest BCUT2D eigenvalue weighted by Gasteiger charge is 2.26. The summed E-state index contributed by atoms with van der Waals surface area (Å²) in [4.78, 5) is 39.1. The first kappa shape index (κ1) is 22.3. The molecule has 0 aliphatic carbocycles. The molecule has 0 spiro atoms. The highest BCUT2D eigenvalue weighted by atomic mass is 16.5. The monoisotopic (exact) mass is 450 g/mol. The molecule has 1 aromatic carbocycles. The normalized spacial score (nSPS) is 14.2. The van der Waals surface area contributed by atoms with Crippen LogP contribution in [0.2, 0.25) is 0 Å². The quantitative estimate of drug-likeness (QED) is 0.592. The Kier molecular flexibility index (Phi) is 6.87. The van der Waals surface area contributed by atoms with Gasteiger partial charge in [0.2, 0.25) is 0 Å². The van der Waals surface area contributed by atoms with Crippen molar-refractivity contribution >= 4 is 11.8 Å². The first-order chi connectivity index (χ1) is 16.0. The molecular formula is C24H26N4O5. The Bertz CT molecular complexity index is 1160. The molecule has 1 aliphatic rings. The lowest BCUT2D eigenvalue weighted by Gasteiger charge is -2.32. The number of aryl methyl sites for hydroxylation is 1. The van der Waals surface area contributed by atoms with Crippen molar-refractivity contribution in [1.29, 1.82) is 0 Å². The topological polar surface area (TPSA) is 107 Å². The first-order valence-corrected chi connectivity index (χ1v) is 10.9. The maximum Gasteiger partial charge on any atom is 0.287 e. The summed E-state index contributed by atoms with van der Waals surface area (Å²) < 4.78 is 12.1. The van der Waals surface area contributed by atoms with E-state index in [0.29, 0.717) is 37.4 Å². The van der Waals surface area contributed by atoms with Gasteiger partial charge in [-0.15, -0.1) is 0 Å². The number of carbonyl (C=O) groups is 2. The number of para-hydroxylation sites is 1. The molecule has 0 atom stereocenters. The molecule has 3 aromatic rings. The van der Waals surface area contributed by atoms with Crippen LogP contribution in [0.1, 0.15) is 39.4 Å². The molecule has 172 valence electrons. The second kappa shape index (κ2) is 10.2. The van der Waals surface area contributed by atoms with Gasteiger partial charge >= 0.3 is 0 Å². The lowest BCUT2D eigenvalue weighted by atomic mass is 10.0. The summed E-state index contributed by atoms with van der Waals surface area (Å²) in [5.41, 5.74) is 0.705. The van der Waals surface area contributed by atoms with Gasteiger partial charge in [-0.1, -0.05) is 18.2 Å². The predicted octanol–water partition coefficient (Wildman–Crippen LogP) is 2.26. The molecule has 0 saturated carbocycles. The number of likely N-dealkylation sites (tertiary alicyclic amines) is 1. The number of amides is 2. The van der Waals surface area contributed by atoms with E-state index >= 15 is 0 Å². The van der Waals surface area contributed by atoms with Crippen molar-refractivity contribution in [2.24, 2.45) is 0 Å². The molecule has 1 fully saturated rings. The van der Waals surface area contributed by atoms with Crippen LogP contribution in [0.15, 0.2) is 64.0 Å². The predicted molar refractivity (Wildman–Crippen MR) is 120 cm³/mol. The van der Waals surface area contributed by atoms with Gasteiger partial charge in [0, 0.05) is 30.8 Å². The number of furan rings is 1. The van der Waals surface area contributed by atoms with Gasteiger partial charge in [-0.05, 0) is 44.0 Å². The second-order valence-electron chi connectivity index (χ2n) is 7.91. The maximum atomic E-state index is 12.9. The summed E-state index contributed by atoms with van der Waals surface area (Å²) in [6.45, 7) is 3.28. The molecule has 1 aliphatic heterocycles. The van der Waals surface area contributed by atoms with Gasteiger partial charge in [0.25, 0.3) is 17.4 Å². The summed E-state index contributed by atoms with van der Waals surface area (Å²) in [6.07, 6.45) is 2.75. The molecule has 1 N–H and O–H groups in total. The second-order valence-corrected chi connectivity index (χ2v) is 7.91. The van der Waals surface area contributed by atoms with E-state index in [4.69, 9.17) is 9.15 Å². The fourth-order valence-electron chi connectivity index (χ4n) is 3.74. The van der Waals surface area contributed by atoms with Crippen LogP contribution >= 0.6 is 0 Å². The van der Waals surface area contributed by atoms with E-state index < -0.39 is 0 Å². The number of nitrogens with zero attached hydrogens (tertiary/aromatic N) is 3. The Hall–Kier alpha value is -3.88. The van der Waals surface area contributed by atoms with Crippen LogP contribution in [0.4, 0.5) is 0 Å². The lowest BCUT2D eigenvalue weighted by Crippen LogP contribution is -2.47. The van der Waals surface area contributed by atoms with Crippen LogP contribution in [0, 0.1) is 6.92 Å². The van der Waals surface area contributed by atoms with Crippen LogP contribution in [-0.2, 0) is 6.54 Å². The van der Waals surface area contributed by atoms with Crippen molar-refractivity contribution in [1.82, 2.24) is 20.0 Å². The van der Waals surface area contributed by atoms with Crippen LogP contribution in [-0.4, -0.2) is 52.2 Å². The summed E-state index contributed by atoms with van der Waals surface area (Å²) in [5, 5.41) is 7.21. The van der Waals surface area contributed by atoms with E-state index in [-0.39, 0.29) is 42.3 Å².